The van der Waals surface area contributed by atoms with Crippen LogP contribution >= 0.6 is 0 Å². The first-order valence-corrected chi connectivity index (χ1v) is 6.23. The monoisotopic (exact) mass is 249 g/mol. The van der Waals surface area contributed by atoms with Crippen molar-refractivity contribution in [2.45, 2.75) is 32.2 Å². The molecule has 3 unspecified atom stereocenters. The van der Waals surface area contributed by atoms with Crippen LogP contribution in [0.3, 0.4) is 0 Å². The molecule has 1 aliphatic rings. The minimum Gasteiger partial charge on any atom is -0.374 e. The summed E-state index contributed by atoms with van der Waals surface area (Å²) < 4.78 is 11.2. The number of benzene rings is 1. The highest BCUT2D eigenvalue weighted by molar-refractivity contribution is 5.79. The molecule has 1 saturated heterocycles. The largest absolute Gasteiger partial charge is 0.374 e. The molecule has 1 aromatic rings. The van der Waals surface area contributed by atoms with Crippen LogP contribution in [-0.2, 0) is 20.9 Å². The molecule has 0 spiro atoms. The van der Waals surface area contributed by atoms with Crippen molar-refractivity contribution in [1.29, 1.82) is 0 Å². The fraction of sp³-hybridized carbons (Fsp3) is 0.500. The summed E-state index contributed by atoms with van der Waals surface area (Å²) in [6.07, 6.45) is 0.333. The maximum Gasteiger partial charge on any atom is 0.246 e. The standard InChI is InChI=1S/C14H19NO3/c1-10-7-12(18-13(10)14(15)16)9-17-8-11-5-3-2-4-6-11/h2-6,10,12-13H,7-9H2,1H3,(H2,15,16). The molecule has 2 N–H and O–H groups in total. The predicted octanol–water partition coefficient (Wildman–Crippen LogP) is 1.48. The number of nitrogens with two attached hydrogens (primary N) is 1. The number of carbonyl (C=O) groups excluding carboxylic acids is 1. The maximum atomic E-state index is 11.1. The Morgan fingerprint density at radius 1 is 1.44 bits per heavy atom. The van der Waals surface area contributed by atoms with Crippen LogP contribution in [0, 0.1) is 5.92 Å². The molecule has 1 fully saturated rings. The van der Waals surface area contributed by atoms with Crippen LogP contribution in [0.5, 0.6) is 0 Å². The summed E-state index contributed by atoms with van der Waals surface area (Å²) in [7, 11) is 0. The smallest absolute Gasteiger partial charge is 0.246 e. The van der Waals surface area contributed by atoms with Gasteiger partial charge in [-0.05, 0) is 17.9 Å². The van der Waals surface area contributed by atoms with Crippen LogP contribution < -0.4 is 5.73 Å². The van der Waals surface area contributed by atoms with E-state index in [2.05, 4.69) is 0 Å². The Kier molecular flexibility index (Phi) is 4.33. The lowest BCUT2D eigenvalue weighted by molar-refractivity contribution is -0.131. The minimum atomic E-state index is -0.463. The number of ether oxygens (including phenoxy) is 2. The van der Waals surface area contributed by atoms with E-state index in [-0.39, 0.29) is 17.9 Å². The minimum absolute atomic E-state index is 0.0267. The lowest BCUT2D eigenvalue weighted by atomic mass is 10.0. The summed E-state index contributed by atoms with van der Waals surface area (Å²) in [6, 6.07) is 9.98. The Bertz CT molecular complexity index is 393. The molecule has 1 aliphatic heterocycles. The van der Waals surface area contributed by atoms with Gasteiger partial charge in [0.05, 0.1) is 19.3 Å². The van der Waals surface area contributed by atoms with E-state index in [9.17, 15) is 4.79 Å². The first-order chi connectivity index (χ1) is 8.66. The van der Waals surface area contributed by atoms with E-state index in [1.54, 1.807) is 0 Å². The van der Waals surface area contributed by atoms with Gasteiger partial charge >= 0.3 is 0 Å². The van der Waals surface area contributed by atoms with Gasteiger partial charge in [0, 0.05) is 0 Å². The molecule has 3 atom stereocenters. The van der Waals surface area contributed by atoms with Crippen molar-refractivity contribution in [2.24, 2.45) is 11.7 Å². The summed E-state index contributed by atoms with van der Waals surface area (Å²) in [5, 5.41) is 0. The van der Waals surface area contributed by atoms with Crippen molar-refractivity contribution in [3.63, 3.8) is 0 Å². The van der Waals surface area contributed by atoms with E-state index < -0.39 is 6.10 Å². The average molecular weight is 249 g/mol. The molecule has 2 rings (SSSR count). The van der Waals surface area contributed by atoms with Gasteiger partial charge < -0.3 is 15.2 Å². The second-order valence-corrected chi connectivity index (χ2v) is 4.79. The van der Waals surface area contributed by atoms with Gasteiger partial charge in [0.25, 0.3) is 0 Å². The van der Waals surface area contributed by atoms with Gasteiger partial charge in [-0.3, -0.25) is 4.79 Å². The van der Waals surface area contributed by atoms with E-state index in [1.165, 1.54) is 0 Å². The molecule has 0 saturated carbocycles. The first-order valence-electron chi connectivity index (χ1n) is 6.23. The number of hydrogen-bond acceptors (Lipinski definition) is 3. The SMILES string of the molecule is CC1CC(COCc2ccccc2)OC1C(N)=O. The van der Waals surface area contributed by atoms with Crippen molar-refractivity contribution in [3.8, 4) is 0 Å². The number of carbonyl (C=O) groups is 1. The predicted molar refractivity (Wildman–Crippen MR) is 67.7 cm³/mol. The van der Waals surface area contributed by atoms with Crippen molar-refractivity contribution in [1.82, 2.24) is 0 Å². The Labute approximate surface area is 107 Å². The van der Waals surface area contributed by atoms with Gasteiger partial charge in [-0.2, -0.15) is 0 Å². The Hall–Kier alpha value is -1.39. The molecule has 0 radical (unpaired) electrons. The van der Waals surface area contributed by atoms with Gasteiger partial charge in [0.15, 0.2) is 0 Å². The Morgan fingerprint density at radius 3 is 2.78 bits per heavy atom. The summed E-state index contributed by atoms with van der Waals surface area (Å²) in [4.78, 5) is 11.1. The van der Waals surface area contributed by atoms with Gasteiger partial charge in [0.1, 0.15) is 6.10 Å². The Morgan fingerprint density at radius 2 is 2.17 bits per heavy atom. The van der Waals surface area contributed by atoms with Crippen LogP contribution in [0.1, 0.15) is 18.9 Å². The third kappa shape index (κ3) is 3.31. The molecule has 4 heteroatoms. The molecule has 0 bridgehead atoms. The molecule has 0 aromatic heterocycles. The number of hydrogen-bond donors (Lipinski definition) is 1. The zero-order valence-corrected chi connectivity index (χ0v) is 10.5. The zero-order chi connectivity index (χ0) is 13.0. The van der Waals surface area contributed by atoms with Crippen LogP contribution in [0.4, 0.5) is 0 Å². The highest BCUT2D eigenvalue weighted by Gasteiger charge is 2.35. The first kappa shape index (κ1) is 13.1. The van der Waals surface area contributed by atoms with Gasteiger partial charge in [-0.15, -0.1) is 0 Å². The van der Waals surface area contributed by atoms with Gasteiger partial charge in [-0.25, -0.2) is 0 Å². The molecule has 1 aromatic carbocycles. The third-order valence-corrected chi connectivity index (χ3v) is 3.19. The molecular formula is C14H19NO3. The quantitative estimate of drug-likeness (QED) is 0.859. The molecule has 18 heavy (non-hydrogen) atoms. The summed E-state index contributed by atoms with van der Waals surface area (Å²) >= 11 is 0. The van der Waals surface area contributed by atoms with E-state index in [0.29, 0.717) is 13.2 Å². The fourth-order valence-corrected chi connectivity index (χ4v) is 2.27. The molecule has 1 heterocycles. The van der Waals surface area contributed by atoms with Crippen LogP contribution in [0.25, 0.3) is 0 Å². The van der Waals surface area contributed by atoms with Crippen molar-refractivity contribution in [2.75, 3.05) is 6.61 Å². The van der Waals surface area contributed by atoms with Crippen LogP contribution in [0.2, 0.25) is 0 Å². The van der Waals surface area contributed by atoms with E-state index >= 15 is 0 Å². The van der Waals surface area contributed by atoms with Crippen molar-refractivity contribution < 1.29 is 14.3 Å². The lowest BCUT2D eigenvalue weighted by Gasteiger charge is -2.12. The van der Waals surface area contributed by atoms with Gasteiger partial charge in [-0.1, -0.05) is 37.3 Å². The fourth-order valence-electron chi connectivity index (χ4n) is 2.27. The normalized spacial score (nSPS) is 27.3. The topological polar surface area (TPSA) is 61.6 Å². The summed E-state index contributed by atoms with van der Waals surface area (Å²) in [6.45, 7) is 3.05. The molecule has 4 nitrogen and oxygen atoms in total. The number of rotatable bonds is 5. The summed E-state index contributed by atoms with van der Waals surface area (Å²) in [5.74, 6) is -0.208. The number of amides is 1. The maximum absolute atomic E-state index is 11.1. The highest BCUT2D eigenvalue weighted by atomic mass is 16.5. The zero-order valence-electron chi connectivity index (χ0n) is 10.5. The number of primary amides is 1. The van der Waals surface area contributed by atoms with E-state index in [1.807, 2.05) is 37.3 Å². The highest BCUT2D eigenvalue weighted by Crippen LogP contribution is 2.26. The summed E-state index contributed by atoms with van der Waals surface area (Å²) in [5.41, 5.74) is 6.40. The average Bonchev–Trinajstić information content (AvgIpc) is 2.72. The van der Waals surface area contributed by atoms with Crippen molar-refractivity contribution >= 4 is 5.91 Å². The third-order valence-electron chi connectivity index (χ3n) is 3.19. The van der Waals surface area contributed by atoms with Crippen LogP contribution in [-0.4, -0.2) is 24.7 Å². The van der Waals surface area contributed by atoms with Crippen molar-refractivity contribution in [3.05, 3.63) is 35.9 Å². The molecule has 1 amide bonds. The van der Waals surface area contributed by atoms with Gasteiger partial charge in [0.2, 0.25) is 5.91 Å². The van der Waals surface area contributed by atoms with E-state index in [4.69, 9.17) is 15.2 Å². The van der Waals surface area contributed by atoms with E-state index in [0.717, 1.165) is 12.0 Å². The lowest BCUT2D eigenvalue weighted by Crippen LogP contribution is -2.32. The van der Waals surface area contributed by atoms with Crippen LogP contribution in [0.15, 0.2) is 30.3 Å². The second-order valence-electron chi connectivity index (χ2n) is 4.79. The second kappa shape index (κ2) is 5.98. The Balaban J connectivity index is 1.74. The molecule has 0 aliphatic carbocycles. The molecule has 98 valence electrons. The molecular weight excluding hydrogens is 230 g/mol.